The molecule has 0 bridgehead atoms. The van der Waals surface area contributed by atoms with Crippen molar-refractivity contribution < 1.29 is 8.42 Å². The maximum absolute atomic E-state index is 11.1. The van der Waals surface area contributed by atoms with Crippen LogP contribution in [-0.2, 0) is 9.84 Å². The molecular formula is C13H27NO2S. The van der Waals surface area contributed by atoms with Crippen molar-refractivity contribution in [3.05, 3.63) is 0 Å². The van der Waals surface area contributed by atoms with E-state index in [1.54, 1.807) is 0 Å². The Bertz CT molecular complexity index is 318. The Morgan fingerprint density at radius 1 is 1.29 bits per heavy atom. The van der Waals surface area contributed by atoms with E-state index >= 15 is 0 Å². The lowest BCUT2D eigenvalue weighted by Crippen LogP contribution is -2.41. The minimum atomic E-state index is -2.79. The molecule has 0 aliphatic heterocycles. The fourth-order valence-corrected chi connectivity index (χ4v) is 3.20. The molecule has 1 N–H and O–H groups in total. The van der Waals surface area contributed by atoms with Gasteiger partial charge in [0.2, 0.25) is 0 Å². The van der Waals surface area contributed by atoms with E-state index in [9.17, 15) is 8.42 Å². The van der Waals surface area contributed by atoms with Crippen molar-refractivity contribution in [1.82, 2.24) is 5.32 Å². The zero-order valence-electron chi connectivity index (χ0n) is 11.5. The van der Waals surface area contributed by atoms with Gasteiger partial charge in [-0.3, -0.25) is 0 Å². The molecule has 1 aliphatic rings. The van der Waals surface area contributed by atoms with Crippen LogP contribution in [0.25, 0.3) is 0 Å². The zero-order chi connectivity index (χ0) is 12.9. The summed E-state index contributed by atoms with van der Waals surface area (Å²) in [6.07, 6.45) is 7.05. The average molecular weight is 261 g/mol. The fourth-order valence-electron chi connectivity index (χ4n) is 2.53. The number of hydrogen-bond acceptors (Lipinski definition) is 3. The van der Waals surface area contributed by atoms with Crippen molar-refractivity contribution in [2.24, 2.45) is 11.3 Å². The van der Waals surface area contributed by atoms with Crippen LogP contribution in [0.2, 0.25) is 0 Å². The minimum absolute atomic E-state index is 0.346. The Kier molecular flexibility index (Phi) is 5.45. The van der Waals surface area contributed by atoms with Crippen LogP contribution in [0.15, 0.2) is 0 Å². The second-order valence-electron chi connectivity index (χ2n) is 6.11. The van der Waals surface area contributed by atoms with Gasteiger partial charge < -0.3 is 5.32 Å². The molecule has 17 heavy (non-hydrogen) atoms. The standard InChI is InChI=1S/C13H27NO2S/c1-12(2)10-14-11-13(6-4-7-13)8-5-9-17(3,15)16/h12,14H,4-11H2,1-3H3. The Morgan fingerprint density at radius 2 is 1.94 bits per heavy atom. The summed E-state index contributed by atoms with van der Waals surface area (Å²) >= 11 is 0. The quantitative estimate of drug-likeness (QED) is 0.729. The van der Waals surface area contributed by atoms with Crippen molar-refractivity contribution in [3.8, 4) is 0 Å². The van der Waals surface area contributed by atoms with Gasteiger partial charge in [-0.15, -0.1) is 0 Å². The molecule has 4 heteroatoms. The van der Waals surface area contributed by atoms with E-state index in [4.69, 9.17) is 0 Å². The number of rotatable bonds is 8. The van der Waals surface area contributed by atoms with Crippen molar-refractivity contribution in [3.63, 3.8) is 0 Å². The molecule has 0 aromatic carbocycles. The molecule has 102 valence electrons. The first kappa shape index (κ1) is 15.0. The topological polar surface area (TPSA) is 46.2 Å². The fraction of sp³-hybridized carbons (Fsp3) is 1.00. The monoisotopic (exact) mass is 261 g/mol. The molecule has 1 fully saturated rings. The van der Waals surface area contributed by atoms with Crippen LogP contribution in [0.3, 0.4) is 0 Å². The van der Waals surface area contributed by atoms with Gasteiger partial charge >= 0.3 is 0 Å². The highest BCUT2D eigenvalue weighted by molar-refractivity contribution is 7.90. The second kappa shape index (κ2) is 6.19. The van der Waals surface area contributed by atoms with Crippen LogP contribution in [0.4, 0.5) is 0 Å². The Balaban J connectivity index is 2.26. The highest BCUT2D eigenvalue weighted by atomic mass is 32.2. The number of sulfone groups is 1. The SMILES string of the molecule is CC(C)CNCC1(CCCS(C)(=O)=O)CCC1. The first-order valence-corrected chi connectivity index (χ1v) is 8.78. The van der Waals surface area contributed by atoms with Crippen molar-refractivity contribution >= 4 is 9.84 Å². The van der Waals surface area contributed by atoms with E-state index in [0.29, 0.717) is 17.1 Å². The molecular weight excluding hydrogens is 234 g/mol. The Morgan fingerprint density at radius 3 is 2.35 bits per heavy atom. The van der Waals surface area contributed by atoms with E-state index in [-0.39, 0.29) is 0 Å². The molecule has 0 saturated heterocycles. The third-order valence-corrected chi connectivity index (χ3v) is 4.72. The first-order valence-electron chi connectivity index (χ1n) is 6.71. The van der Waals surface area contributed by atoms with E-state index < -0.39 is 9.84 Å². The van der Waals surface area contributed by atoms with Gasteiger partial charge in [-0.05, 0) is 43.6 Å². The van der Waals surface area contributed by atoms with Gasteiger partial charge in [-0.25, -0.2) is 8.42 Å². The van der Waals surface area contributed by atoms with Gasteiger partial charge in [-0.2, -0.15) is 0 Å². The summed E-state index contributed by atoms with van der Waals surface area (Å²) in [5.41, 5.74) is 0.402. The average Bonchev–Trinajstić information content (AvgIpc) is 2.10. The molecule has 3 nitrogen and oxygen atoms in total. The lowest BCUT2D eigenvalue weighted by atomic mass is 9.66. The molecule has 0 atom stereocenters. The van der Waals surface area contributed by atoms with Crippen LogP contribution < -0.4 is 5.32 Å². The van der Waals surface area contributed by atoms with Gasteiger partial charge in [0.1, 0.15) is 9.84 Å². The molecule has 0 spiro atoms. The van der Waals surface area contributed by atoms with Gasteiger partial charge in [0.15, 0.2) is 0 Å². The predicted octanol–water partition coefficient (Wildman–Crippen LogP) is 2.23. The predicted molar refractivity (Wildman–Crippen MR) is 72.9 cm³/mol. The molecule has 0 aromatic heterocycles. The molecule has 0 aromatic rings. The van der Waals surface area contributed by atoms with Gasteiger partial charge in [0.05, 0.1) is 0 Å². The summed E-state index contributed by atoms with van der Waals surface area (Å²) in [4.78, 5) is 0. The third-order valence-electron chi connectivity index (χ3n) is 3.69. The van der Waals surface area contributed by atoms with Crippen LogP contribution in [0.1, 0.15) is 46.0 Å². The van der Waals surface area contributed by atoms with Crippen molar-refractivity contribution in [2.45, 2.75) is 46.0 Å². The summed E-state index contributed by atoms with van der Waals surface area (Å²) in [5, 5.41) is 3.53. The third kappa shape index (κ3) is 5.87. The Hall–Kier alpha value is -0.0900. The van der Waals surface area contributed by atoms with E-state index in [1.807, 2.05) is 0 Å². The lowest BCUT2D eigenvalue weighted by molar-refractivity contribution is 0.115. The molecule has 0 heterocycles. The van der Waals surface area contributed by atoms with Gasteiger partial charge in [-0.1, -0.05) is 20.3 Å². The maximum Gasteiger partial charge on any atom is 0.147 e. The Labute approximate surface area is 106 Å². The van der Waals surface area contributed by atoms with Crippen LogP contribution in [-0.4, -0.2) is 33.5 Å². The largest absolute Gasteiger partial charge is 0.316 e. The summed E-state index contributed by atoms with van der Waals surface area (Å²) in [7, 11) is -2.79. The highest BCUT2D eigenvalue weighted by Gasteiger charge is 2.35. The van der Waals surface area contributed by atoms with Gasteiger partial charge in [0.25, 0.3) is 0 Å². The summed E-state index contributed by atoms with van der Waals surface area (Å²) in [6.45, 7) is 6.55. The van der Waals surface area contributed by atoms with E-state index in [2.05, 4.69) is 19.2 Å². The molecule has 1 aliphatic carbocycles. The first-order chi connectivity index (χ1) is 7.83. The molecule has 1 saturated carbocycles. The summed E-state index contributed by atoms with van der Waals surface area (Å²) < 4.78 is 22.2. The highest BCUT2D eigenvalue weighted by Crippen LogP contribution is 2.44. The normalized spacial score (nSPS) is 19.3. The van der Waals surface area contributed by atoms with E-state index in [0.717, 1.165) is 25.9 Å². The molecule has 0 unspecified atom stereocenters. The smallest absolute Gasteiger partial charge is 0.147 e. The summed E-state index contributed by atoms with van der Waals surface area (Å²) in [5.74, 6) is 1.03. The number of nitrogens with one attached hydrogen (secondary N) is 1. The van der Waals surface area contributed by atoms with E-state index in [1.165, 1.54) is 25.5 Å². The molecule has 0 amide bonds. The van der Waals surface area contributed by atoms with Crippen LogP contribution in [0, 0.1) is 11.3 Å². The minimum Gasteiger partial charge on any atom is -0.316 e. The lowest BCUT2D eigenvalue weighted by Gasteiger charge is -2.42. The molecule has 0 radical (unpaired) electrons. The zero-order valence-corrected chi connectivity index (χ0v) is 12.3. The van der Waals surface area contributed by atoms with Crippen LogP contribution in [0.5, 0.6) is 0 Å². The van der Waals surface area contributed by atoms with Gasteiger partial charge in [0, 0.05) is 18.6 Å². The van der Waals surface area contributed by atoms with Crippen LogP contribution >= 0.6 is 0 Å². The maximum atomic E-state index is 11.1. The second-order valence-corrected chi connectivity index (χ2v) is 8.37. The van der Waals surface area contributed by atoms with Crippen molar-refractivity contribution in [2.75, 3.05) is 25.1 Å². The number of hydrogen-bond donors (Lipinski definition) is 1. The van der Waals surface area contributed by atoms with Crippen molar-refractivity contribution in [1.29, 1.82) is 0 Å². The molecule has 1 rings (SSSR count). The summed E-state index contributed by atoms with van der Waals surface area (Å²) in [6, 6.07) is 0.